The standard InChI is InChI=1S/C16H18N2OS/c19-16(13-4-1-2-5-13)18-10-12-8-14(11-17-9-12)15-6-3-7-20-15/h3,6-9,11,13H,1-2,4-5,10H2,(H,18,19). The van der Waals surface area contributed by atoms with Crippen molar-refractivity contribution in [3.63, 3.8) is 0 Å². The molecule has 0 atom stereocenters. The van der Waals surface area contributed by atoms with Crippen LogP contribution in [0.4, 0.5) is 0 Å². The first-order valence-corrected chi connectivity index (χ1v) is 7.96. The highest BCUT2D eigenvalue weighted by molar-refractivity contribution is 7.13. The number of aromatic nitrogens is 1. The molecule has 0 spiro atoms. The van der Waals surface area contributed by atoms with Crippen molar-refractivity contribution < 1.29 is 4.79 Å². The minimum atomic E-state index is 0.198. The van der Waals surface area contributed by atoms with Crippen molar-refractivity contribution in [1.29, 1.82) is 0 Å². The van der Waals surface area contributed by atoms with Crippen molar-refractivity contribution in [3.8, 4) is 10.4 Å². The summed E-state index contributed by atoms with van der Waals surface area (Å²) in [6.07, 6.45) is 8.15. The number of pyridine rings is 1. The Morgan fingerprint density at radius 1 is 1.35 bits per heavy atom. The molecule has 0 aromatic carbocycles. The zero-order chi connectivity index (χ0) is 13.8. The van der Waals surface area contributed by atoms with Crippen LogP contribution in [0.5, 0.6) is 0 Å². The maximum atomic E-state index is 12.0. The predicted octanol–water partition coefficient (Wildman–Crippen LogP) is 3.62. The monoisotopic (exact) mass is 286 g/mol. The van der Waals surface area contributed by atoms with Gasteiger partial charge in [0.2, 0.25) is 5.91 Å². The lowest BCUT2D eigenvalue weighted by atomic mass is 10.1. The fourth-order valence-corrected chi connectivity index (χ4v) is 3.39. The lowest BCUT2D eigenvalue weighted by Gasteiger charge is -2.10. The summed E-state index contributed by atoms with van der Waals surface area (Å²) in [5.74, 6) is 0.424. The van der Waals surface area contributed by atoms with Crippen molar-refractivity contribution in [2.75, 3.05) is 0 Å². The molecular formula is C16H18N2OS. The minimum Gasteiger partial charge on any atom is -0.352 e. The molecule has 1 N–H and O–H groups in total. The number of amides is 1. The van der Waals surface area contributed by atoms with Gasteiger partial charge in [-0.1, -0.05) is 18.9 Å². The summed E-state index contributed by atoms with van der Waals surface area (Å²) in [6.45, 7) is 0.571. The first kappa shape index (κ1) is 13.3. The molecule has 1 aliphatic carbocycles. The molecule has 1 saturated carbocycles. The normalized spacial score (nSPS) is 15.4. The Morgan fingerprint density at radius 3 is 2.95 bits per heavy atom. The summed E-state index contributed by atoms with van der Waals surface area (Å²) >= 11 is 1.70. The Labute approximate surface area is 123 Å². The van der Waals surface area contributed by atoms with Crippen molar-refractivity contribution in [3.05, 3.63) is 41.5 Å². The van der Waals surface area contributed by atoms with Crippen LogP contribution in [-0.4, -0.2) is 10.9 Å². The summed E-state index contributed by atoms with van der Waals surface area (Å²) in [4.78, 5) is 17.5. The van der Waals surface area contributed by atoms with Crippen molar-refractivity contribution in [2.24, 2.45) is 5.92 Å². The number of nitrogens with one attached hydrogen (secondary N) is 1. The number of thiophene rings is 1. The van der Waals surface area contributed by atoms with Gasteiger partial charge >= 0.3 is 0 Å². The van der Waals surface area contributed by atoms with Crippen LogP contribution in [0.3, 0.4) is 0 Å². The van der Waals surface area contributed by atoms with Gasteiger partial charge in [0.25, 0.3) is 0 Å². The number of carbonyl (C=O) groups is 1. The molecule has 1 fully saturated rings. The highest BCUT2D eigenvalue weighted by atomic mass is 32.1. The molecule has 20 heavy (non-hydrogen) atoms. The molecule has 0 unspecified atom stereocenters. The molecule has 1 aliphatic rings. The summed E-state index contributed by atoms with van der Waals surface area (Å²) in [6, 6.07) is 6.23. The Hall–Kier alpha value is -1.68. The maximum absolute atomic E-state index is 12.0. The van der Waals surface area contributed by atoms with E-state index in [9.17, 15) is 4.79 Å². The fourth-order valence-electron chi connectivity index (χ4n) is 2.68. The second kappa shape index (κ2) is 6.18. The third-order valence-electron chi connectivity index (χ3n) is 3.79. The number of hydrogen-bond donors (Lipinski definition) is 1. The first-order valence-electron chi connectivity index (χ1n) is 7.08. The Bertz CT molecular complexity index is 574. The average molecular weight is 286 g/mol. The lowest BCUT2D eigenvalue weighted by Crippen LogP contribution is -2.28. The molecule has 104 valence electrons. The molecule has 2 heterocycles. The van der Waals surface area contributed by atoms with Gasteiger partial charge < -0.3 is 5.32 Å². The highest BCUT2D eigenvalue weighted by Crippen LogP contribution is 2.26. The smallest absolute Gasteiger partial charge is 0.223 e. The molecule has 2 aromatic rings. The van der Waals surface area contributed by atoms with Crippen LogP contribution in [-0.2, 0) is 11.3 Å². The third kappa shape index (κ3) is 3.07. The summed E-state index contributed by atoms with van der Waals surface area (Å²) in [5, 5.41) is 5.10. The van der Waals surface area contributed by atoms with Crippen molar-refractivity contribution in [2.45, 2.75) is 32.2 Å². The van der Waals surface area contributed by atoms with E-state index in [1.165, 1.54) is 17.7 Å². The second-order valence-corrected chi connectivity index (χ2v) is 6.21. The van der Waals surface area contributed by atoms with Crippen LogP contribution in [0.25, 0.3) is 10.4 Å². The molecule has 3 nitrogen and oxygen atoms in total. The molecule has 0 aliphatic heterocycles. The van der Waals surface area contributed by atoms with E-state index in [1.54, 1.807) is 11.3 Å². The van der Waals surface area contributed by atoms with Gasteiger partial charge in [0.15, 0.2) is 0 Å². The van der Waals surface area contributed by atoms with Gasteiger partial charge in [-0.2, -0.15) is 0 Å². The average Bonchev–Trinajstić information content (AvgIpc) is 3.17. The molecule has 3 rings (SSSR count). The molecule has 4 heteroatoms. The van der Waals surface area contributed by atoms with E-state index in [4.69, 9.17) is 0 Å². The van der Waals surface area contributed by atoms with Crippen LogP contribution in [0, 0.1) is 5.92 Å². The fraction of sp³-hybridized carbons (Fsp3) is 0.375. The topological polar surface area (TPSA) is 42.0 Å². The zero-order valence-electron chi connectivity index (χ0n) is 11.3. The molecule has 0 saturated heterocycles. The predicted molar refractivity (Wildman–Crippen MR) is 81.4 cm³/mol. The van der Waals surface area contributed by atoms with Crippen LogP contribution in [0.2, 0.25) is 0 Å². The summed E-state index contributed by atoms with van der Waals surface area (Å²) < 4.78 is 0. The Balaban J connectivity index is 1.63. The van der Waals surface area contributed by atoms with Gasteiger partial charge in [-0.05, 0) is 35.9 Å². The Morgan fingerprint density at radius 2 is 2.20 bits per heavy atom. The summed E-state index contributed by atoms with van der Waals surface area (Å²) in [5.41, 5.74) is 2.18. The van der Waals surface area contributed by atoms with Crippen LogP contribution in [0.1, 0.15) is 31.2 Å². The number of carbonyl (C=O) groups excluding carboxylic acids is 1. The number of nitrogens with zero attached hydrogens (tertiary/aromatic N) is 1. The Kier molecular flexibility index (Phi) is 4.11. The van der Waals surface area contributed by atoms with Crippen molar-refractivity contribution >= 4 is 17.2 Å². The molecule has 0 bridgehead atoms. The SMILES string of the molecule is O=C(NCc1cncc(-c2cccs2)c1)C1CCCC1. The quantitative estimate of drug-likeness (QED) is 0.932. The van der Waals surface area contributed by atoms with Crippen LogP contribution in [0.15, 0.2) is 36.0 Å². The van der Waals surface area contributed by atoms with Crippen molar-refractivity contribution in [1.82, 2.24) is 10.3 Å². The van der Waals surface area contributed by atoms with E-state index >= 15 is 0 Å². The third-order valence-corrected chi connectivity index (χ3v) is 4.71. The molecule has 2 aromatic heterocycles. The van der Waals surface area contributed by atoms with E-state index in [0.717, 1.165) is 24.0 Å². The molecule has 1 amide bonds. The lowest BCUT2D eigenvalue weighted by molar-refractivity contribution is -0.124. The minimum absolute atomic E-state index is 0.198. The van der Waals surface area contributed by atoms with E-state index in [1.807, 2.05) is 18.5 Å². The van der Waals surface area contributed by atoms with Crippen LogP contribution >= 0.6 is 11.3 Å². The molecule has 0 radical (unpaired) electrons. The van der Waals surface area contributed by atoms with E-state index in [2.05, 4.69) is 27.8 Å². The first-order chi connectivity index (χ1) is 9.83. The summed E-state index contributed by atoms with van der Waals surface area (Å²) in [7, 11) is 0. The number of hydrogen-bond acceptors (Lipinski definition) is 3. The van der Waals surface area contributed by atoms with E-state index in [0.29, 0.717) is 6.54 Å². The number of rotatable bonds is 4. The maximum Gasteiger partial charge on any atom is 0.223 e. The van der Waals surface area contributed by atoms with Gasteiger partial charge in [0.1, 0.15) is 0 Å². The zero-order valence-corrected chi connectivity index (χ0v) is 12.2. The second-order valence-electron chi connectivity index (χ2n) is 5.26. The van der Waals surface area contributed by atoms with Gasteiger partial charge in [0.05, 0.1) is 0 Å². The highest BCUT2D eigenvalue weighted by Gasteiger charge is 2.22. The van der Waals surface area contributed by atoms with Gasteiger partial charge in [-0.15, -0.1) is 11.3 Å². The van der Waals surface area contributed by atoms with E-state index < -0.39 is 0 Å². The van der Waals surface area contributed by atoms with Gasteiger partial charge in [-0.3, -0.25) is 9.78 Å². The van der Waals surface area contributed by atoms with Gasteiger partial charge in [-0.25, -0.2) is 0 Å². The van der Waals surface area contributed by atoms with Crippen LogP contribution < -0.4 is 5.32 Å². The van der Waals surface area contributed by atoms with Gasteiger partial charge in [0, 0.05) is 35.3 Å². The molecular weight excluding hydrogens is 268 g/mol. The van der Waals surface area contributed by atoms with E-state index in [-0.39, 0.29) is 11.8 Å². The largest absolute Gasteiger partial charge is 0.352 e.